The number of nitrogens with one attached hydrogen (secondary N) is 1. The predicted octanol–water partition coefficient (Wildman–Crippen LogP) is 4.83. The van der Waals surface area contributed by atoms with Crippen molar-refractivity contribution in [1.82, 2.24) is 24.9 Å². The first kappa shape index (κ1) is 35.2. The standard InChI is InChI=1S/C31H36F7N5O3/c1-20(2)15-25-16-23(40-43(25)24-7-5-22(32)6-8-24)17-39-29(45)28(31(36,37)38)42-13-11-41(12-14-42)18-26(44)19-46-27-9-3-21(4-10-27)30(33,34)35/h3-10,16,20,26,28,44H,11-15,17-19H2,1-2H3,(H,39,45)/t26?,28-/m1/s1. The fraction of sp³-hybridized carbons (Fsp3) is 0.484. The summed E-state index contributed by atoms with van der Waals surface area (Å²) in [6.07, 6.45) is -9.79. The molecule has 0 radical (unpaired) electrons. The third-order valence-electron chi connectivity index (χ3n) is 7.39. The van der Waals surface area contributed by atoms with Gasteiger partial charge in [0.1, 0.15) is 24.3 Å². The molecule has 1 saturated heterocycles. The summed E-state index contributed by atoms with van der Waals surface area (Å²) >= 11 is 0. The normalized spacial score (nSPS) is 16.4. The van der Waals surface area contributed by atoms with Gasteiger partial charge >= 0.3 is 12.4 Å². The highest BCUT2D eigenvalue weighted by Gasteiger charge is 2.49. The molecule has 1 aliphatic heterocycles. The van der Waals surface area contributed by atoms with Crippen LogP contribution in [0.3, 0.4) is 0 Å². The van der Waals surface area contributed by atoms with Gasteiger partial charge in [-0.2, -0.15) is 31.4 Å². The Morgan fingerprint density at radius 1 is 0.978 bits per heavy atom. The van der Waals surface area contributed by atoms with Crippen LogP contribution in [0.1, 0.15) is 30.8 Å². The SMILES string of the molecule is CC(C)Cc1cc(CNC(=O)[C@@H](N2CCN(CC(O)COc3ccc(C(F)(F)F)cc3)CC2)C(F)(F)F)nn1-c1ccc(F)cc1. The summed E-state index contributed by atoms with van der Waals surface area (Å²) in [6.45, 7) is 3.67. The van der Waals surface area contributed by atoms with Crippen LogP contribution in [0.2, 0.25) is 0 Å². The maximum absolute atomic E-state index is 14.1. The lowest BCUT2D eigenvalue weighted by Gasteiger charge is -2.39. The number of alkyl halides is 6. The lowest BCUT2D eigenvalue weighted by Crippen LogP contribution is -2.60. The second-order valence-electron chi connectivity index (χ2n) is 11.6. The third-order valence-corrected chi connectivity index (χ3v) is 7.39. The summed E-state index contributed by atoms with van der Waals surface area (Å²) in [4.78, 5) is 15.7. The van der Waals surface area contributed by atoms with Crippen molar-refractivity contribution in [2.24, 2.45) is 5.92 Å². The average molecular weight is 660 g/mol. The number of halogens is 7. The minimum Gasteiger partial charge on any atom is -0.491 e. The van der Waals surface area contributed by atoms with Crippen molar-refractivity contribution < 1.29 is 45.4 Å². The molecule has 15 heteroatoms. The highest BCUT2D eigenvalue weighted by molar-refractivity contribution is 5.82. The maximum atomic E-state index is 14.1. The number of ether oxygens (including phenoxy) is 1. The highest BCUT2D eigenvalue weighted by atomic mass is 19.4. The minimum atomic E-state index is -4.85. The van der Waals surface area contributed by atoms with E-state index in [0.29, 0.717) is 17.8 Å². The van der Waals surface area contributed by atoms with Crippen LogP contribution < -0.4 is 10.1 Å². The van der Waals surface area contributed by atoms with Gasteiger partial charge in [0.15, 0.2) is 6.04 Å². The number of hydrogen-bond acceptors (Lipinski definition) is 6. The van der Waals surface area contributed by atoms with E-state index in [4.69, 9.17) is 4.74 Å². The summed E-state index contributed by atoms with van der Waals surface area (Å²) in [5.41, 5.74) is 0.863. The number of hydrogen-bond donors (Lipinski definition) is 2. The second-order valence-corrected chi connectivity index (χ2v) is 11.6. The van der Waals surface area contributed by atoms with Crippen LogP contribution >= 0.6 is 0 Å². The van der Waals surface area contributed by atoms with E-state index in [1.807, 2.05) is 13.8 Å². The molecule has 0 bridgehead atoms. The number of benzene rings is 2. The number of carbonyl (C=O) groups excluding carboxylic acids is 1. The van der Waals surface area contributed by atoms with Gasteiger partial charge < -0.3 is 15.2 Å². The van der Waals surface area contributed by atoms with Gasteiger partial charge in [0, 0.05) is 38.4 Å². The second kappa shape index (κ2) is 14.8. The van der Waals surface area contributed by atoms with Gasteiger partial charge in [-0.25, -0.2) is 9.07 Å². The molecular weight excluding hydrogens is 623 g/mol. The molecule has 8 nitrogen and oxygen atoms in total. The number of nitrogens with zero attached hydrogens (tertiary/aromatic N) is 4. The van der Waals surface area contributed by atoms with Gasteiger partial charge in [0.25, 0.3) is 0 Å². The van der Waals surface area contributed by atoms with Gasteiger partial charge in [-0.1, -0.05) is 13.8 Å². The van der Waals surface area contributed by atoms with Gasteiger partial charge in [-0.05, 0) is 66.9 Å². The number of aliphatic hydroxyl groups is 1. The van der Waals surface area contributed by atoms with E-state index in [2.05, 4.69) is 10.4 Å². The summed E-state index contributed by atoms with van der Waals surface area (Å²) in [6, 6.07) is 8.95. The highest BCUT2D eigenvalue weighted by Crippen LogP contribution is 2.30. The number of aliphatic hydroxyl groups excluding tert-OH is 1. The third kappa shape index (κ3) is 9.66. The summed E-state index contributed by atoms with van der Waals surface area (Å²) in [5.74, 6) is -1.27. The molecule has 2 aromatic carbocycles. The lowest BCUT2D eigenvalue weighted by atomic mass is 10.1. The molecule has 3 aromatic rings. The van der Waals surface area contributed by atoms with Crippen LogP contribution in [-0.4, -0.2) is 88.2 Å². The zero-order valence-corrected chi connectivity index (χ0v) is 25.3. The van der Waals surface area contributed by atoms with Gasteiger partial charge in [0.2, 0.25) is 5.91 Å². The van der Waals surface area contributed by atoms with Crippen LogP contribution in [0.4, 0.5) is 30.7 Å². The monoisotopic (exact) mass is 659 g/mol. The molecule has 2 heterocycles. The summed E-state index contributed by atoms with van der Waals surface area (Å²) in [7, 11) is 0. The van der Waals surface area contributed by atoms with E-state index in [1.165, 1.54) is 12.1 Å². The molecule has 1 unspecified atom stereocenters. The Kier molecular flexibility index (Phi) is 11.3. The van der Waals surface area contributed by atoms with E-state index in [1.54, 1.807) is 27.8 Å². The molecule has 1 aliphatic rings. The first-order chi connectivity index (χ1) is 21.6. The first-order valence-corrected chi connectivity index (χ1v) is 14.7. The van der Waals surface area contributed by atoms with Crippen molar-refractivity contribution >= 4 is 5.91 Å². The largest absolute Gasteiger partial charge is 0.491 e. The molecule has 0 saturated carbocycles. The number of carbonyl (C=O) groups is 1. The maximum Gasteiger partial charge on any atom is 0.416 e. The molecule has 252 valence electrons. The molecule has 4 rings (SSSR count). The molecule has 0 aliphatic carbocycles. The average Bonchev–Trinajstić information content (AvgIpc) is 3.37. The number of rotatable bonds is 12. The molecule has 1 fully saturated rings. The van der Waals surface area contributed by atoms with Crippen molar-refractivity contribution in [1.29, 1.82) is 0 Å². The van der Waals surface area contributed by atoms with Crippen LogP contribution in [0.25, 0.3) is 5.69 Å². The Hall–Kier alpha value is -3.69. The summed E-state index contributed by atoms with van der Waals surface area (Å²) < 4.78 is 101. The molecule has 1 amide bonds. The van der Waals surface area contributed by atoms with Crippen molar-refractivity contribution in [3.05, 3.63) is 77.4 Å². The van der Waals surface area contributed by atoms with E-state index < -0.39 is 41.8 Å². The molecule has 1 aromatic heterocycles. The van der Waals surface area contributed by atoms with E-state index in [-0.39, 0.29) is 57.5 Å². The van der Waals surface area contributed by atoms with E-state index in [0.717, 1.165) is 34.9 Å². The molecular formula is C31H36F7N5O3. The zero-order valence-electron chi connectivity index (χ0n) is 25.3. The molecule has 0 spiro atoms. The van der Waals surface area contributed by atoms with Gasteiger partial charge in [-0.3, -0.25) is 14.6 Å². The van der Waals surface area contributed by atoms with Crippen LogP contribution in [0.15, 0.2) is 54.6 Å². The molecule has 2 N–H and O–H groups in total. The van der Waals surface area contributed by atoms with Crippen molar-refractivity contribution in [2.75, 3.05) is 39.3 Å². The Bertz CT molecular complexity index is 1420. The number of aromatic nitrogens is 2. The minimum absolute atomic E-state index is 0.0623. The number of piperazine rings is 1. The Morgan fingerprint density at radius 2 is 1.61 bits per heavy atom. The quantitative estimate of drug-likeness (QED) is 0.271. The predicted molar refractivity (Wildman–Crippen MR) is 155 cm³/mol. The van der Waals surface area contributed by atoms with E-state index >= 15 is 0 Å². The first-order valence-electron chi connectivity index (χ1n) is 14.7. The van der Waals surface area contributed by atoms with Crippen molar-refractivity contribution in [3.63, 3.8) is 0 Å². The van der Waals surface area contributed by atoms with Crippen molar-refractivity contribution in [3.8, 4) is 11.4 Å². The van der Waals surface area contributed by atoms with Gasteiger partial charge in [-0.15, -0.1) is 0 Å². The fourth-order valence-electron chi connectivity index (χ4n) is 5.21. The topological polar surface area (TPSA) is 82.9 Å². The zero-order chi connectivity index (χ0) is 33.6. The number of β-amino-alcohol motifs (C(OH)–C–C–N with tert-alkyl or cyclic N) is 1. The van der Waals surface area contributed by atoms with Crippen LogP contribution in [0.5, 0.6) is 5.75 Å². The Morgan fingerprint density at radius 3 is 2.17 bits per heavy atom. The lowest BCUT2D eigenvalue weighted by molar-refractivity contribution is -0.192. The summed E-state index contributed by atoms with van der Waals surface area (Å²) in [5, 5.41) is 17.2. The molecule has 46 heavy (non-hydrogen) atoms. The van der Waals surface area contributed by atoms with Crippen molar-refractivity contribution in [2.45, 2.75) is 51.3 Å². The molecule has 2 atom stereocenters. The van der Waals surface area contributed by atoms with Gasteiger partial charge in [0.05, 0.1) is 23.5 Å². The Balaban J connectivity index is 1.30. The smallest absolute Gasteiger partial charge is 0.416 e. The van der Waals surface area contributed by atoms with E-state index in [9.17, 15) is 40.6 Å². The Labute approximate surface area is 261 Å². The number of amides is 1. The van der Waals surface area contributed by atoms with Crippen LogP contribution in [-0.2, 0) is 23.9 Å². The van der Waals surface area contributed by atoms with Crippen LogP contribution in [0, 0.1) is 11.7 Å². The fourth-order valence-corrected chi connectivity index (χ4v) is 5.21.